The van der Waals surface area contributed by atoms with Gasteiger partial charge in [-0.3, -0.25) is 9.69 Å². The molecular weight excluding hydrogens is 383 g/mol. The summed E-state index contributed by atoms with van der Waals surface area (Å²) < 4.78 is 19.8. The Morgan fingerprint density at radius 1 is 1.39 bits per heavy atom. The molecule has 5 nitrogen and oxygen atoms in total. The largest absolute Gasteiger partial charge is 0.388 e. The average Bonchev–Trinajstić information content (AvgIpc) is 2.65. The van der Waals surface area contributed by atoms with Crippen molar-refractivity contribution in [3.63, 3.8) is 0 Å². The summed E-state index contributed by atoms with van der Waals surface area (Å²) >= 11 is 6.08. The Bertz CT molecular complexity index is 709. The normalized spacial score (nSPS) is 27.7. The van der Waals surface area contributed by atoms with Gasteiger partial charge in [0, 0.05) is 32.7 Å². The third-order valence-electron chi connectivity index (χ3n) is 6.14. The molecule has 28 heavy (non-hydrogen) atoms. The van der Waals surface area contributed by atoms with Gasteiger partial charge >= 0.3 is 0 Å². The van der Waals surface area contributed by atoms with Crippen LogP contribution in [0.4, 0.5) is 4.39 Å². The standard InChI is InChI=1S/C21H30ClFN2O3/c1-3-5-17(26)24-20(2)10-13-28-21(19(20)27)8-11-25(12-9-21)14-15-6-4-7-16(23)18(15)22/h4,6-7,19,27H,3,5,8-14H2,1-2H3,(H,24,26)/t19-,20+/m0/s1. The van der Waals surface area contributed by atoms with Gasteiger partial charge in [0.15, 0.2) is 0 Å². The van der Waals surface area contributed by atoms with Crippen molar-refractivity contribution in [2.24, 2.45) is 0 Å². The maximum absolute atomic E-state index is 13.7. The summed E-state index contributed by atoms with van der Waals surface area (Å²) in [4.78, 5) is 14.3. The molecule has 0 saturated carbocycles. The molecule has 2 heterocycles. The summed E-state index contributed by atoms with van der Waals surface area (Å²) in [7, 11) is 0. The van der Waals surface area contributed by atoms with Crippen LogP contribution in [0.25, 0.3) is 0 Å². The van der Waals surface area contributed by atoms with Gasteiger partial charge in [0.25, 0.3) is 0 Å². The molecule has 2 aliphatic rings. The van der Waals surface area contributed by atoms with Gasteiger partial charge in [0.05, 0.1) is 16.2 Å². The van der Waals surface area contributed by atoms with Crippen LogP contribution >= 0.6 is 11.6 Å². The molecule has 0 unspecified atom stereocenters. The van der Waals surface area contributed by atoms with Gasteiger partial charge in [0.2, 0.25) is 5.91 Å². The van der Waals surface area contributed by atoms with Gasteiger partial charge in [0.1, 0.15) is 11.9 Å². The van der Waals surface area contributed by atoms with Crippen molar-refractivity contribution in [2.75, 3.05) is 19.7 Å². The number of amides is 1. The van der Waals surface area contributed by atoms with Crippen LogP contribution < -0.4 is 5.32 Å². The van der Waals surface area contributed by atoms with E-state index in [0.717, 1.165) is 12.0 Å². The molecule has 1 aromatic rings. The number of hydrogen-bond donors (Lipinski definition) is 2. The molecule has 2 saturated heterocycles. The summed E-state index contributed by atoms with van der Waals surface area (Å²) in [6.07, 6.45) is 2.36. The fourth-order valence-electron chi connectivity index (χ4n) is 4.42. The molecule has 2 aliphatic heterocycles. The lowest BCUT2D eigenvalue weighted by molar-refractivity contribution is -0.208. The third kappa shape index (κ3) is 4.35. The number of benzene rings is 1. The van der Waals surface area contributed by atoms with Gasteiger partial charge in [-0.25, -0.2) is 4.39 Å². The number of likely N-dealkylation sites (tertiary alicyclic amines) is 1. The number of rotatable bonds is 5. The summed E-state index contributed by atoms with van der Waals surface area (Å²) in [5.74, 6) is -0.434. The highest BCUT2D eigenvalue weighted by Gasteiger charge is 2.53. The van der Waals surface area contributed by atoms with E-state index in [4.69, 9.17) is 16.3 Å². The predicted octanol–water partition coefficient (Wildman–Crippen LogP) is 3.27. The zero-order valence-corrected chi connectivity index (χ0v) is 17.4. The number of carbonyl (C=O) groups excluding carboxylic acids is 1. The van der Waals surface area contributed by atoms with Gasteiger partial charge < -0.3 is 15.2 Å². The predicted molar refractivity (Wildman–Crippen MR) is 107 cm³/mol. The molecule has 0 aliphatic carbocycles. The van der Waals surface area contributed by atoms with E-state index >= 15 is 0 Å². The zero-order valence-electron chi connectivity index (χ0n) is 16.6. The minimum absolute atomic E-state index is 0.0284. The minimum atomic E-state index is -0.769. The second-order valence-electron chi connectivity index (χ2n) is 8.27. The van der Waals surface area contributed by atoms with Crippen molar-refractivity contribution in [1.82, 2.24) is 10.2 Å². The minimum Gasteiger partial charge on any atom is -0.388 e. The van der Waals surface area contributed by atoms with Crippen LogP contribution in [0, 0.1) is 5.82 Å². The second-order valence-corrected chi connectivity index (χ2v) is 8.65. The first-order valence-electron chi connectivity index (χ1n) is 10.1. The first-order chi connectivity index (χ1) is 13.3. The Morgan fingerprint density at radius 3 is 2.79 bits per heavy atom. The molecule has 2 atom stereocenters. The van der Waals surface area contributed by atoms with Crippen LogP contribution in [0.1, 0.15) is 51.5 Å². The quantitative estimate of drug-likeness (QED) is 0.779. The van der Waals surface area contributed by atoms with Crippen LogP contribution in [0.3, 0.4) is 0 Å². The Kier molecular flexibility index (Phi) is 6.65. The van der Waals surface area contributed by atoms with Crippen LogP contribution in [-0.4, -0.2) is 52.9 Å². The lowest BCUT2D eigenvalue weighted by atomic mass is 9.73. The van der Waals surface area contributed by atoms with E-state index in [1.807, 2.05) is 19.9 Å². The number of piperidine rings is 1. The first-order valence-corrected chi connectivity index (χ1v) is 10.5. The lowest BCUT2D eigenvalue weighted by Crippen LogP contribution is -2.69. The van der Waals surface area contributed by atoms with E-state index in [9.17, 15) is 14.3 Å². The third-order valence-corrected chi connectivity index (χ3v) is 6.57. The number of halogens is 2. The maximum atomic E-state index is 13.7. The van der Waals surface area contributed by atoms with Gasteiger partial charge in [-0.2, -0.15) is 0 Å². The van der Waals surface area contributed by atoms with Crippen LogP contribution in [0.5, 0.6) is 0 Å². The van der Waals surface area contributed by atoms with E-state index in [0.29, 0.717) is 51.9 Å². The molecule has 2 N–H and O–H groups in total. The lowest BCUT2D eigenvalue weighted by Gasteiger charge is -2.53. The number of nitrogens with one attached hydrogen (secondary N) is 1. The number of aliphatic hydroxyl groups is 1. The van der Waals surface area contributed by atoms with Crippen molar-refractivity contribution in [1.29, 1.82) is 0 Å². The Balaban J connectivity index is 1.64. The van der Waals surface area contributed by atoms with E-state index in [-0.39, 0.29) is 10.9 Å². The summed E-state index contributed by atoms with van der Waals surface area (Å²) in [6.45, 7) is 6.37. The Morgan fingerprint density at radius 2 is 2.11 bits per heavy atom. The molecule has 156 valence electrons. The van der Waals surface area contributed by atoms with Crippen molar-refractivity contribution in [3.8, 4) is 0 Å². The smallest absolute Gasteiger partial charge is 0.220 e. The van der Waals surface area contributed by atoms with E-state index in [1.54, 1.807) is 6.07 Å². The van der Waals surface area contributed by atoms with Crippen molar-refractivity contribution >= 4 is 17.5 Å². The topological polar surface area (TPSA) is 61.8 Å². The van der Waals surface area contributed by atoms with Crippen molar-refractivity contribution < 1.29 is 19.0 Å². The molecular formula is C21H30ClFN2O3. The molecule has 0 aromatic heterocycles. The van der Waals surface area contributed by atoms with E-state index in [2.05, 4.69) is 10.2 Å². The first kappa shape index (κ1) is 21.5. The van der Waals surface area contributed by atoms with Crippen LogP contribution in [0.2, 0.25) is 5.02 Å². The average molecular weight is 413 g/mol. The molecule has 7 heteroatoms. The van der Waals surface area contributed by atoms with Crippen LogP contribution in [-0.2, 0) is 16.1 Å². The zero-order chi connectivity index (χ0) is 20.4. The molecule has 1 amide bonds. The summed E-state index contributed by atoms with van der Waals surface area (Å²) in [6, 6.07) is 4.86. The second kappa shape index (κ2) is 8.66. The summed E-state index contributed by atoms with van der Waals surface area (Å²) in [5, 5.41) is 14.4. The van der Waals surface area contributed by atoms with Crippen LogP contribution in [0.15, 0.2) is 18.2 Å². The van der Waals surface area contributed by atoms with Gasteiger partial charge in [-0.05, 0) is 44.2 Å². The Hall–Kier alpha value is -1.21. The Labute approximate surface area is 171 Å². The highest BCUT2D eigenvalue weighted by molar-refractivity contribution is 6.31. The van der Waals surface area contributed by atoms with Gasteiger partial charge in [-0.1, -0.05) is 30.7 Å². The summed E-state index contributed by atoms with van der Waals surface area (Å²) in [5.41, 5.74) is -0.577. The molecule has 1 aromatic carbocycles. The fraction of sp³-hybridized carbons (Fsp3) is 0.667. The molecule has 1 spiro atoms. The molecule has 0 bridgehead atoms. The van der Waals surface area contributed by atoms with Crippen molar-refractivity contribution in [2.45, 2.75) is 69.7 Å². The number of hydrogen-bond acceptors (Lipinski definition) is 4. The fourth-order valence-corrected chi connectivity index (χ4v) is 4.61. The number of aliphatic hydroxyl groups excluding tert-OH is 1. The van der Waals surface area contributed by atoms with Crippen molar-refractivity contribution in [3.05, 3.63) is 34.6 Å². The maximum Gasteiger partial charge on any atom is 0.220 e. The van der Waals surface area contributed by atoms with Gasteiger partial charge in [-0.15, -0.1) is 0 Å². The molecule has 3 rings (SSSR count). The highest BCUT2D eigenvalue weighted by atomic mass is 35.5. The number of ether oxygens (including phenoxy) is 1. The highest BCUT2D eigenvalue weighted by Crippen LogP contribution is 2.40. The number of nitrogens with zero attached hydrogens (tertiary/aromatic N) is 1. The SMILES string of the molecule is CCCC(=O)N[C@]1(C)CCOC2(CCN(Cc3cccc(F)c3Cl)CC2)[C@H]1O. The monoisotopic (exact) mass is 412 g/mol. The number of carbonyl (C=O) groups is 1. The molecule has 0 radical (unpaired) electrons. The van der Waals surface area contributed by atoms with E-state index < -0.39 is 23.1 Å². The molecule has 2 fully saturated rings. The van der Waals surface area contributed by atoms with E-state index in [1.165, 1.54) is 6.07 Å².